The van der Waals surface area contributed by atoms with Crippen LogP contribution in [0.3, 0.4) is 0 Å². The van der Waals surface area contributed by atoms with Gasteiger partial charge in [0.2, 0.25) is 0 Å². The molecule has 1 aromatic heterocycles. The van der Waals surface area contributed by atoms with E-state index < -0.39 is 0 Å². The van der Waals surface area contributed by atoms with E-state index in [1.807, 2.05) is 42.5 Å². The summed E-state index contributed by atoms with van der Waals surface area (Å²) in [6.07, 6.45) is 0. The number of ketones is 1. The number of nitrogens with zero attached hydrogens (tertiary/aromatic N) is 1. The number of pyridine rings is 1. The van der Waals surface area contributed by atoms with Crippen LogP contribution in [0.15, 0.2) is 66.7 Å². The lowest BCUT2D eigenvalue weighted by atomic mass is 9.95. The molecule has 0 atom stereocenters. The number of fused-ring (bicyclic) bond motifs is 5. The number of hydrogen-bond acceptors (Lipinski definition) is 2. The summed E-state index contributed by atoms with van der Waals surface area (Å²) in [6, 6.07) is 22.4. The van der Waals surface area contributed by atoms with E-state index in [0.29, 0.717) is 0 Å². The molecular formula is C24H17NO. The molecule has 0 aliphatic heterocycles. The van der Waals surface area contributed by atoms with Crippen LogP contribution in [-0.2, 0) is 0 Å². The summed E-state index contributed by atoms with van der Waals surface area (Å²) in [7, 11) is 0. The van der Waals surface area contributed by atoms with E-state index in [1.54, 1.807) is 0 Å². The van der Waals surface area contributed by atoms with Gasteiger partial charge in [0.1, 0.15) is 0 Å². The van der Waals surface area contributed by atoms with Gasteiger partial charge in [-0.2, -0.15) is 0 Å². The highest BCUT2D eigenvalue weighted by Gasteiger charge is 2.32. The summed E-state index contributed by atoms with van der Waals surface area (Å²) in [4.78, 5) is 18.1. The zero-order valence-corrected chi connectivity index (χ0v) is 14.7. The number of rotatable bonds is 1. The molecule has 124 valence electrons. The van der Waals surface area contributed by atoms with E-state index in [4.69, 9.17) is 4.98 Å². The Labute approximate surface area is 152 Å². The predicted octanol–water partition coefficient (Wildman–Crippen LogP) is 5.73. The Hall–Kier alpha value is -3.26. The number of hydrogen-bond donors (Lipinski definition) is 0. The maximum absolute atomic E-state index is 13.2. The van der Waals surface area contributed by atoms with Gasteiger partial charge in [0.25, 0.3) is 0 Å². The molecule has 2 nitrogen and oxygen atoms in total. The highest BCUT2D eigenvalue weighted by Crippen LogP contribution is 2.44. The Bertz CT molecular complexity index is 1200. The molecule has 1 heterocycles. The molecule has 1 aliphatic carbocycles. The normalized spacial score (nSPS) is 12.3. The highest BCUT2D eigenvalue weighted by atomic mass is 16.1. The van der Waals surface area contributed by atoms with Crippen molar-refractivity contribution in [2.24, 2.45) is 0 Å². The quantitative estimate of drug-likeness (QED) is 0.391. The van der Waals surface area contributed by atoms with Crippen LogP contribution < -0.4 is 0 Å². The minimum Gasteiger partial charge on any atom is -0.288 e. The minimum atomic E-state index is 0.0714. The molecule has 0 spiro atoms. The van der Waals surface area contributed by atoms with Crippen LogP contribution in [-0.4, -0.2) is 10.8 Å². The van der Waals surface area contributed by atoms with Crippen LogP contribution in [0.1, 0.15) is 27.0 Å². The zero-order chi connectivity index (χ0) is 17.8. The fourth-order valence-electron chi connectivity index (χ4n) is 3.83. The summed E-state index contributed by atoms with van der Waals surface area (Å²) >= 11 is 0. The molecule has 1 aliphatic rings. The standard InChI is InChI=1S/C24H17NO/c1-14-7-10-16(11-8-14)23-22-21(17-5-3-4-6-18(17)24(22)26)19-13-15(2)9-12-20(19)25-23/h3-13H,1-2H3. The molecule has 4 aromatic rings. The van der Waals surface area contributed by atoms with E-state index in [-0.39, 0.29) is 5.78 Å². The summed E-state index contributed by atoms with van der Waals surface area (Å²) in [5.41, 5.74) is 8.58. The number of aromatic nitrogens is 1. The van der Waals surface area contributed by atoms with Crippen molar-refractivity contribution in [3.8, 4) is 22.4 Å². The Morgan fingerprint density at radius 1 is 0.731 bits per heavy atom. The van der Waals surface area contributed by atoms with E-state index in [1.165, 1.54) is 11.1 Å². The van der Waals surface area contributed by atoms with Gasteiger partial charge in [0, 0.05) is 22.1 Å². The number of carbonyl (C=O) groups is 1. The Morgan fingerprint density at radius 2 is 1.42 bits per heavy atom. The first-order valence-corrected chi connectivity index (χ1v) is 8.79. The Kier molecular flexibility index (Phi) is 3.10. The third-order valence-electron chi connectivity index (χ3n) is 5.13. The van der Waals surface area contributed by atoms with Gasteiger partial charge in [-0.3, -0.25) is 4.79 Å². The third kappa shape index (κ3) is 2.05. The van der Waals surface area contributed by atoms with Gasteiger partial charge in [-0.25, -0.2) is 4.98 Å². The van der Waals surface area contributed by atoms with Gasteiger partial charge in [-0.1, -0.05) is 65.7 Å². The summed E-state index contributed by atoms with van der Waals surface area (Å²) in [6.45, 7) is 4.13. The highest BCUT2D eigenvalue weighted by molar-refractivity contribution is 6.28. The number of carbonyl (C=O) groups excluding carboxylic acids is 1. The van der Waals surface area contributed by atoms with Crippen LogP contribution in [0.25, 0.3) is 33.3 Å². The van der Waals surface area contributed by atoms with Crippen molar-refractivity contribution < 1.29 is 4.79 Å². The molecule has 0 bridgehead atoms. The summed E-state index contributed by atoms with van der Waals surface area (Å²) in [5.74, 6) is 0.0714. The van der Waals surface area contributed by atoms with E-state index >= 15 is 0 Å². The second-order valence-electron chi connectivity index (χ2n) is 6.97. The molecule has 2 heteroatoms. The molecule has 26 heavy (non-hydrogen) atoms. The van der Waals surface area contributed by atoms with Crippen LogP contribution in [0.2, 0.25) is 0 Å². The van der Waals surface area contributed by atoms with Crippen molar-refractivity contribution in [1.82, 2.24) is 4.98 Å². The first kappa shape index (κ1) is 15.0. The van der Waals surface area contributed by atoms with Gasteiger partial charge in [-0.05, 0) is 31.5 Å². The Morgan fingerprint density at radius 3 is 2.19 bits per heavy atom. The lowest BCUT2D eigenvalue weighted by molar-refractivity contribution is 0.104. The SMILES string of the molecule is Cc1ccc(-c2nc3ccc(C)cc3c3c2C(=O)c2ccccc2-3)cc1. The van der Waals surface area contributed by atoms with Crippen LogP contribution in [0.5, 0.6) is 0 Å². The molecule has 0 amide bonds. The molecule has 0 saturated heterocycles. The predicted molar refractivity (Wildman–Crippen MR) is 106 cm³/mol. The largest absolute Gasteiger partial charge is 0.288 e. The molecular weight excluding hydrogens is 318 g/mol. The van der Waals surface area contributed by atoms with Gasteiger partial charge >= 0.3 is 0 Å². The van der Waals surface area contributed by atoms with Crippen LogP contribution in [0.4, 0.5) is 0 Å². The Balaban J connectivity index is 1.94. The van der Waals surface area contributed by atoms with Crippen molar-refractivity contribution >= 4 is 16.7 Å². The second-order valence-corrected chi connectivity index (χ2v) is 6.97. The van der Waals surface area contributed by atoms with Gasteiger partial charge in [0.05, 0.1) is 16.8 Å². The fourth-order valence-corrected chi connectivity index (χ4v) is 3.83. The van der Waals surface area contributed by atoms with Crippen molar-refractivity contribution in [3.63, 3.8) is 0 Å². The molecule has 0 N–H and O–H groups in total. The third-order valence-corrected chi connectivity index (χ3v) is 5.13. The number of aryl methyl sites for hydroxylation is 2. The van der Waals surface area contributed by atoms with Crippen molar-refractivity contribution in [3.05, 3.63) is 89.0 Å². The molecule has 0 unspecified atom stereocenters. The van der Waals surface area contributed by atoms with E-state index in [0.717, 1.165) is 44.4 Å². The van der Waals surface area contributed by atoms with Crippen molar-refractivity contribution in [2.75, 3.05) is 0 Å². The van der Waals surface area contributed by atoms with E-state index in [2.05, 4.69) is 38.1 Å². The summed E-state index contributed by atoms with van der Waals surface area (Å²) in [5, 5.41) is 1.05. The first-order chi connectivity index (χ1) is 12.6. The van der Waals surface area contributed by atoms with Gasteiger partial charge in [0.15, 0.2) is 5.78 Å². The lowest BCUT2D eigenvalue weighted by Gasteiger charge is -2.12. The second kappa shape index (κ2) is 5.37. The van der Waals surface area contributed by atoms with Crippen molar-refractivity contribution in [1.29, 1.82) is 0 Å². The monoisotopic (exact) mass is 335 g/mol. The molecule has 0 fully saturated rings. The average Bonchev–Trinajstić information content (AvgIpc) is 2.96. The topological polar surface area (TPSA) is 30.0 Å². The number of benzene rings is 3. The summed E-state index contributed by atoms with van der Waals surface area (Å²) < 4.78 is 0. The molecule has 0 radical (unpaired) electrons. The molecule has 0 saturated carbocycles. The smallest absolute Gasteiger partial charge is 0.196 e. The first-order valence-electron chi connectivity index (χ1n) is 8.79. The zero-order valence-electron chi connectivity index (χ0n) is 14.7. The van der Waals surface area contributed by atoms with Gasteiger partial charge < -0.3 is 0 Å². The van der Waals surface area contributed by atoms with Gasteiger partial charge in [-0.15, -0.1) is 0 Å². The van der Waals surface area contributed by atoms with Crippen molar-refractivity contribution in [2.45, 2.75) is 13.8 Å². The minimum absolute atomic E-state index is 0.0714. The van der Waals surface area contributed by atoms with E-state index in [9.17, 15) is 4.79 Å². The fraction of sp³-hybridized carbons (Fsp3) is 0.0833. The maximum atomic E-state index is 13.2. The van der Waals surface area contributed by atoms with Crippen LogP contribution in [0, 0.1) is 13.8 Å². The van der Waals surface area contributed by atoms with Crippen LogP contribution >= 0.6 is 0 Å². The lowest BCUT2D eigenvalue weighted by Crippen LogP contribution is -2.01. The maximum Gasteiger partial charge on any atom is 0.196 e. The average molecular weight is 335 g/mol. The molecule has 3 aromatic carbocycles. The molecule has 5 rings (SSSR count).